The summed E-state index contributed by atoms with van der Waals surface area (Å²) in [7, 11) is 0. The fourth-order valence-corrected chi connectivity index (χ4v) is 1.89. The fraction of sp³-hybridized carbons (Fsp3) is 0.300. The molecule has 0 aromatic heterocycles. The van der Waals surface area contributed by atoms with Crippen molar-refractivity contribution in [1.29, 1.82) is 0 Å². The Labute approximate surface area is 86.3 Å². The van der Waals surface area contributed by atoms with Gasteiger partial charge in [-0.15, -0.1) is 0 Å². The van der Waals surface area contributed by atoms with Gasteiger partial charge in [0.15, 0.2) is 17.8 Å². The summed E-state index contributed by atoms with van der Waals surface area (Å²) in [5.74, 6) is 0.246. The normalized spacial score (nSPS) is 18.9. The molecule has 1 aromatic carbocycles. The Kier molecular flexibility index (Phi) is 2.11. The Hall–Kier alpha value is -1.22. The first kappa shape index (κ1) is 9.34. The van der Waals surface area contributed by atoms with Crippen molar-refractivity contribution in [2.24, 2.45) is 0 Å². The van der Waals surface area contributed by atoms with Crippen LogP contribution >= 0.6 is 11.6 Å². The first-order valence-corrected chi connectivity index (χ1v) is 4.67. The fourth-order valence-electron chi connectivity index (χ4n) is 1.61. The highest BCUT2D eigenvalue weighted by molar-refractivity contribution is 6.32. The predicted octanol–water partition coefficient (Wildman–Crippen LogP) is 2.18. The molecule has 1 unspecified atom stereocenters. The van der Waals surface area contributed by atoms with Gasteiger partial charge >= 0.3 is 0 Å². The first-order valence-electron chi connectivity index (χ1n) is 4.29. The number of aromatic hydroxyl groups is 1. The Bertz CT molecular complexity index is 401. The lowest BCUT2D eigenvalue weighted by Gasteiger charge is -2.06. The number of carbonyl (C=O) groups is 1. The van der Waals surface area contributed by atoms with Crippen LogP contribution in [0.15, 0.2) is 6.07 Å². The topological polar surface area (TPSA) is 46.5 Å². The van der Waals surface area contributed by atoms with Crippen molar-refractivity contribution >= 4 is 17.9 Å². The number of hydrogen-bond acceptors (Lipinski definition) is 3. The van der Waals surface area contributed by atoms with Gasteiger partial charge in [0.05, 0.1) is 5.56 Å². The quantitative estimate of drug-likeness (QED) is 0.726. The molecule has 0 saturated heterocycles. The summed E-state index contributed by atoms with van der Waals surface area (Å²) in [6.45, 7) is 1.89. The monoisotopic (exact) mass is 212 g/mol. The van der Waals surface area contributed by atoms with Crippen molar-refractivity contribution in [3.05, 3.63) is 22.2 Å². The number of phenols is 1. The molecule has 1 aliphatic heterocycles. The van der Waals surface area contributed by atoms with Gasteiger partial charge in [0.25, 0.3) is 0 Å². The van der Waals surface area contributed by atoms with E-state index in [0.29, 0.717) is 23.5 Å². The summed E-state index contributed by atoms with van der Waals surface area (Å²) in [5, 5.41) is 10.1. The smallest absolute Gasteiger partial charge is 0.168 e. The van der Waals surface area contributed by atoms with Gasteiger partial charge in [0.2, 0.25) is 0 Å². The van der Waals surface area contributed by atoms with Crippen LogP contribution < -0.4 is 4.74 Å². The number of benzene rings is 1. The van der Waals surface area contributed by atoms with Crippen LogP contribution in [0, 0.1) is 0 Å². The highest BCUT2D eigenvalue weighted by Crippen LogP contribution is 2.43. The minimum Gasteiger partial charge on any atom is -0.504 e. The molecule has 0 bridgehead atoms. The Balaban J connectivity index is 2.63. The second-order valence-electron chi connectivity index (χ2n) is 3.35. The van der Waals surface area contributed by atoms with E-state index in [1.54, 1.807) is 0 Å². The zero-order valence-corrected chi connectivity index (χ0v) is 8.34. The molecule has 0 amide bonds. The largest absolute Gasteiger partial charge is 0.504 e. The minimum absolute atomic E-state index is 0.00435. The van der Waals surface area contributed by atoms with Crippen molar-refractivity contribution in [2.75, 3.05) is 0 Å². The third-order valence-corrected chi connectivity index (χ3v) is 2.61. The van der Waals surface area contributed by atoms with Crippen molar-refractivity contribution < 1.29 is 14.6 Å². The van der Waals surface area contributed by atoms with Gasteiger partial charge in [-0.3, -0.25) is 4.79 Å². The first-order chi connectivity index (χ1) is 6.63. The summed E-state index contributed by atoms with van der Waals surface area (Å²) < 4.78 is 5.37. The zero-order valence-electron chi connectivity index (χ0n) is 7.58. The number of rotatable bonds is 1. The van der Waals surface area contributed by atoms with Crippen molar-refractivity contribution in [3.8, 4) is 11.5 Å². The summed E-state index contributed by atoms with van der Waals surface area (Å²) >= 11 is 5.94. The van der Waals surface area contributed by atoms with Crippen molar-refractivity contribution in [2.45, 2.75) is 19.4 Å². The zero-order chi connectivity index (χ0) is 10.3. The van der Waals surface area contributed by atoms with E-state index in [2.05, 4.69) is 0 Å². The van der Waals surface area contributed by atoms with E-state index >= 15 is 0 Å². The molecule has 0 fully saturated rings. The molecular formula is C10H9ClO3. The Morgan fingerprint density at radius 3 is 3.07 bits per heavy atom. The molecule has 4 heteroatoms. The lowest BCUT2D eigenvalue weighted by Crippen LogP contribution is -2.05. The molecule has 0 spiro atoms. The molecule has 0 saturated carbocycles. The van der Waals surface area contributed by atoms with Gasteiger partial charge in [0, 0.05) is 17.0 Å². The van der Waals surface area contributed by atoms with Gasteiger partial charge in [0.1, 0.15) is 6.10 Å². The van der Waals surface area contributed by atoms with Gasteiger partial charge in [-0.1, -0.05) is 11.6 Å². The van der Waals surface area contributed by atoms with Gasteiger partial charge in [-0.05, 0) is 13.0 Å². The van der Waals surface area contributed by atoms with Gasteiger partial charge in [-0.25, -0.2) is 0 Å². The summed E-state index contributed by atoms with van der Waals surface area (Å²) in [5.41, 5.74) is 0.949. The molecule has 3 nitrogen and oxygen atoms in total. The third-order valence-electron chi connectivity index (χ3n) is 2.27. The molecule has 2 rings (SSSR count). The molecule has 0 radical (unpaired) electrons. The van der Waals surface area contributed by atoms with E-state index in [-0.39, 0.29) is 17.4 Å². The summed E-state index contributed by atoms with van der Waals surface area (Å²) in [6.07, 6.45) is 1.23. The number of hydrogen-bond donors (Lipinski definition) is 1. The van der Waals surface area contributed by atoms with Gasteiger partial charge in [-0.2, -0.15) is 0 Å². The van der Waals surface area contributed by atoms with Crippen molar-refractivity contribution in [1.82, 2.24) is 0 Å². The van der Waals surface area contributed by atoms with E-state index < -0.39 is 0 Å². The lowest BCUT2D eigenvalue weighted by atomic mass is 10.1. The van der Waals surface area contributed by atoms with Crippen LogP contribution in [0.5, 0.6) is 11.5 Å². The highest BCUT2D eigenvalue weighted by Gasteiger charge is 2.26. The molecule has 74 valence electrons. The van der Waals surface area contributed by atoms with Crippen LogP contribution in [0.1, 0.15) is 22.8 Å². The molecule has 1 atom stereocenters. The average molecular weight is 213 g/mol. The van der Waals surface area contributed by atoms with E-state index in [4.69, 9.17) is 16.3 Å². The van der Waals surface area contributed by atoms with Crippen LogP contribution in [0.2, 0.25) is 5.02 Å². The third kappa shape index (κ3) is 1.24. The maximum Gasteiger partial charge on any atom is 0.168 e. The molecular weight excluding hydrogens is 204 g/mol. The standard InChI is InChI=1S/C10H9ClO3/c1-5-2-7-8(11)3-6(4-12)9(13)10(7)14-5/h3-5,13H,2H2,1H3. The van der Waals surface area contributed by atoms with E-state index in [1.165, 1.54) is 6.07 Å². The van der Waals surface area contributed by atoms with Crippen LogP contribution in [0.25, 0.3) is 0 Å². The van der Waals surface area contributed by atoms with Crippen molar-refractivity contribution in [3.63, 3.8) is 0 Å². The maximum absolute atomic E-state index is 10.6. The number of carbonyl (C=O) groups excluding carboxylic acids is 1. The van der Waals surface area contributed by atoms with E-state index in [9.17, 15) is 9.90 Å². The molecule has 1 aliphatic rings. The number of aldehydes is 1. The number of ether oxygens (including phenoxy) is 1. The predicted molar refractivity (Wildman–Crippen MR) is 52.3 cm³/mol. The number of fused-ring (bicyclic) bond motifs is 1. The molecule has 1 aromatic rings. The summed E-state index contributed by atoms with van der Waals surface area (Å²) in [4.78, 5) is 10.6. The minimum atomic E-state index is -0.108. The highest BCUT2D eigenvalue weighted by atomic mass is 35.5. The Morgan fingerprint density at radius 1 is 1.71 bits per heavy atom. The SMILES string of the molecule is CC1Cc2c(Cl)cc(C=O)c(O)c2O1. The Morgan fingerprint density at radius 2 is 2.43 bits per heavy atom. The average Bonchev–Trinajstić information content (AvgIpc) is 2.54. The summed E-state index contributed by atoms with van der Waals surface area (Å²) in [6, 6.07) is 1.46. The maximum atomic E-state index is 10.6. The molecule has 1 N–H and O–H groups in total. The lowest BCUT2D eigenvalue weighted by molar-refractivity contribution is 0.112. The van der Waals surface area contributed by atoms with E-state index in [0.717, 1.165) is 5.56 Å². The second-order valence-corrected chi connectivity index (χ2v) is 3.76. The van der Waals surface area contributed by atoms with Crippen LogP contribution in [-0.2, 0) is 6.42 Å². The molecule has 14 heavy (non-hydrogen) atoms. The van der Waals surface area contributed by atoms with Gasteiger partial charge < -0.3 is 9.84 Å². The van der Waals surface area contributed by atoms with E-state index in [1.807, 2.05) is 6.92 Å². The second kappa shape index (κ2) is 3.17. The van der Waals surface area contributed by atoms with Crippen LogP contribution in [-0.4, -0.2) is 17.5 Å². The van der Waals surface area contributed by atoms with Crippen LogP contribution in [0.3, 0.4) is 0 Å². The number of halogens is 1. The molecule has 0 aliphatic carbocycles. The van der Waals surface area contributed by atoms with Crippen LogP contribution in [0.4, 0.5) is 0 Å². The number of phenolic OH excluding ortho intramolecular Hbond substituents is 1. The molecule has 1 heterocycles.